The van der Waals surface area contributed by atoms with Crippen LogP contribution >= 0.6 is 0 Å². The summed E-state index contributed by atoms with van der Waals surface area (Å²) >= 11 is 0. The van der Waals surface area contributed by atoms with Gasteiger partial charge >= 0.3 is 5.97 Å². The molecular formula is C27H38N4O5. The van der Waals surface area contributed by atoms with Gasteiger partial charge in [0.05, 0.1) is 29.8 Å². The van der Waals surface area contributed by atoms with Gasteiger partial charge in [-0.3, -0.25) is 14.9 Å². The molecule has 0 amide bonds. The van der Waals surface area contributed by atoms with E-state index in [0.29, 0.717) is 18.7 Å². The number of esters is 1. The number of benzene rings is 1. The fourth-order valence-electron chi connectivity index (χ4n) is 4.07. The van der Waals surface area contributed by atoms with Crippen LogP contribution in [-0.2, 0) is 34.4 Å². The van der Waals surface area contributed by atoms with Crippen LogP contribution in [0.4, 0.5) is 0 Å². The van der Waals surface area contributed by atoms with Crippen molar-refractivity contribution >= 4 is 17.0 Å². The summed E-state index contributed by atoms with van der Waals surface area (Å²) in [5.74, 6) is 0.247. The molecule has 3 aromatic rings. The summed E-state index contributed by atoms with van der Waals surface area (Å²) in [6, 6.07) is 6.92. The van der Waals surface area contributed by atoms with Crippen LogP contribution in [0.1, 0.15) is 45.7 Å². The Balaban J connectivity index is 1.96. The van der Waals surface area contributed by atoms with Gasteiger partial charge in [-0.25, -0.2) is 4.98 Å². The molecule has 0 fully saturated rings. The molecule has 3 unspecified atom stereocenters. The normalized spacial score (nSPS) is 14.6. The van der Waals surface area contributed by atoms with E-state index in [9.17, 15) is 14.7 Å². The van der Waals surface area contributed by atoms with Crippen molar-refractivity contribution in [3.05, 3.63) is 51.9 Å². The van der Waals surface area contributed by atoms with Crippen molar-refractivity contribution in [3.63, 3.8) is 0 Å². The van der Waals surface area contributed by atoms with Crippen LogP contribution in [-0.4, -0.2) is 56.2 Å². The van der Waals surface area contributed by atoms with E-state index >= 15 is 0 Å². The van der Waals surface area contributed by atoms with Gasteiger partial charge in [-0.1, -0.05) is 6.07 Å². The first-order chi connectivity index (χ1) is 16.8. The maximum Gasteiger partial charge on any atom is 0.326 e. The standard InChI is InChI=1S/C27H38N4O5/c1-16-11-20(15-30(7)25(16)33)24-29-21-12-19(9-10-22(21)31(24)14-17(2)35-8)13-28-23(18(3)32)26(34)36-27(4,5)6/h9-12,15,17-18,23,28,32H,13-14H2,1-8H3. The number of nitrogens with zero attached hydrogens (tertiary/aromatic N) is 3. The molecule has 0 saturated carbocycles. The number of hydrogen-bond acceptors (Lipinski definition) is 7. The fourth-order valence-corrected chi connectivity index (χ4v) is 4.07. The molecule has 0 spiro atoms. The highest BCUT2D eigenvalue weighted by molar-refractivity contribution is 5.81. The molecule has 0 saturated heterocycles. The van der Waals surface area contributed by atoms with Crippen molar-refractivity contribution in [1.82, 2.24) is 19.4 Å². The number of ether oxygens (including phenoxy) is 2. The number of carbonyl (C=O) groups is 1. The number of nitrogens with one attached hydrogen (secondary N) is 1. The molecule has 2 aromatic heterocycles. The van der Waals surface area contributed by atoms with Crippen LogP contribution in [0.25, 0.3) is 22.4 Å². The molecule has 0 aliphatic carbocycles. The maximum absolute atomic E-state index is 12.6. The summed E-state index contributed by atoms with van der Waals surface area (Å²) in [4.78, 5) is 29.7. The van der Waals surface area contributed by atoms with Gasteiger partial charge < -0.3 is 23.7 Å². The third-order valence-corrected chi connectivity index (χ3v) is 5.94. The molecule has 36 heavy (non-hydrogen) atoms. The van der Waals surface area contributed by atoms with Crippen LogP contribution in [0, 0.1) is 6.92 Å². The third kappa shape index (κ3) is 6.40. The average molecular weight is 499 g/mol. The Bertz CT molecular complexity index is 1260. The number of fused-ring (bicyclic) bond motifs is 1. The van der Waals surface area contributed by atoms with Crippen LogP contribution in [0.2, 0.25) is 0 Å². The van der Waals surface area contributed by atoms with E-state index in [4.69, 9.17) is 14.5 Å². The zero-order valence-corrected chi connectivity index (χ0v) is 22.5. The second-order valence-corrected chi connectivity index (χ2v) is 10.4. The highest BCUT2D eigenvalue weighted by Crippen LogP contribution is 2.26. The first kappa shape index (κ1) is 27.6. The van der Waals surface area contributed by atoms with E-state index in [2.05, 4.69) is 9.88 Å². The van der Waals surface area contributed by atoms with E-state index in [0.717, 1.165) is 28.0 Å². The summed E-state index contributed by atoms with van der Waals surface area (Å²) in [6.07, 6.45) is 0.829. The second-order valence-electron chi connectivity index (χ2n) is 10.4. The van der Waals surface area contributed by atoms with Gasteiger partial charge in [-0.15, -0.1) is 0 Å². The van der Waals surface area contributed by atoms with Gasteiger partial charge in [0.15, 0.2) is 0 Å². The second kappa shape index (κ2) is 10.9. The monoisotopic (exact) mass is 498 g/mol. The lowest BCUT2D eigenvalue weighted by molar-refractivity contribution is -0.160. The van der Waals surface area contributed by atoms with Gasteiger partial charge in [-0.05, 0) is 65.3 Å². The van der Waals surface area contributed by atoms with Gasteiger partial charge in [0.25, 0.3) is 5.56 Å². The molecule has 0 aliphatic heterocycles. The Morgan fingerprint density at radius 3 is 2.50 bits per heavy atom. The molecule has 0 aliphatic rings. The number of aliphatic hydroxyl groups excluding tert-OH is 1. The van der Waals surface area contributed by atoms with E-state index < -0.39 is 23.7 Å². The number of rotatable bonds is 9. The Hall–Kier alpha value is -3.01. The lowest BCUT2D eigenvalue weighted by Gasteiger charge is -2.26. The Labute approximate surface area is 212 Å². The molecule has 196 valence electrons. The van der Waals surface area contributed by atoms with Crippen molar-refractivity contribution in [2.45, 2.75) is 78.5 Å². The minimum atomic E-state index is -0.919. The van der Waals surface area contributed by atoms with Crippen LogP contribution in [0.3, 0.4) is 0 Å². The molecule has 3 rings (SSSR count). The highest BCUT2D eigenvalue weighted by Gasteiger charge is 2.28. The number of aryl methyl sites for hydroxylation is 2. The number of imidazole rings is 1. The Kier molecular flexibility index (Phi) is 8.38. The summed E-state index contributed by atoms with van der Waals surface area (Å²) < 4.78 is 14.6. The number of carbonyl (C=O) groups excluding carboxylic acids is 1. The molecule has 9 heteroatoms. The van der Waals surface area contributed by atoms with Gasteiger partial charge in [0.2, 0.25) is 0 Å². The Morgan fingerprint density at radius 1 is 1.22 bits per heavy atom. The lowest BCUT2D eigenvalue weighted by atomic mass is 10.1. The molecule has 2 heterocycles. The predicted molar refractivity (Wildman–Crippen MR) is 140 cm³/mol. The number of aromatic nitrogens is 3. The summed E-state index contributed by atoms with van der Waals surface area (Å²) in [5.41, 5.74) is 3.42. The van der Waals surface area contributed by atoms with Gasteiger partial charge in [-0.2, -0.15) is 0 Å². The predicted octanol–water partition coefficient (Wildman–Crippen LogP) is 2.93. The largest absolute Gasteiger partial charge is 0.459 e. The van der Waals surface area contributed by atoms with Crippen molar-refractivity contribution < 1.29 is 19.4 Å². The number of aliphatic hydroxyl groups is 1. The smallest absolute Gasteiger partial charge is 0.326 e. The van der Waals surface area contributed by atoms with Crippen molar-refractivity contribution in [2.75, 3.05) is 7.11 Å². The van der Waals surface area contributed by atoms with E-state index in [1.165, 1.54) is 0 Å². The van der Waals surface area contributed by atoms with Crippen LogP contribution in [0.15, 0.2) is 35.3 Å². The summed E-state index contributed by atoms with van der Waals surface area (Å²) in [5, 5.41) is 13.3. The first-order valence-electron chi connectivity index (χ1n) is 12.1. The van der Waals surface area contributed by atoms with Gasteiger partial charge in [0, 0.05) is 38.0 Å². The average Bonchev–Trinajstić information content (AvgIpc) is 3.13. The topological polar surface area (TPSA) is 108 Å². The third-order valence-electron chi connectivity index (χ3n) is 5.94. The fraction of sp³-hybridized carbons (Fsp3) is 0.519. The lowest BCUT2D eigenvalue weighted by Crippen LogP contribution is -2.47. The quantitative estimate of drug-likeness (QED) is 0.437. The maximum atomic E-state index is 12.6. The zero-order valence-electron chi connectivity index (χ0n) is 22.5. The minimum Gasteiger partial charge on any atom is -0.459 e. The zero-order chi connectivity index (χ0) is 26.8. The number of methoxy groups -OCH3 is 1. The number of hydrogen-bond donors (Lipinski definition) is 2. The van der Waals surface area contributed by atoms with Crippen molar-refractivity contribution in [2.24, 2.45) is 7.05 Å². The molecule has 0 radical (unpaired) electrons. The SMILES string of the molecule is COC(C)Cn1c(-c2cc(C)c(=O)n(C)c2)nc2cc(CNC(C(=O)OC(C)(C)C)C(C)O)ccc21. The van der Waals surface area contributed by atoms with Gasteiger partial charge in [0.1, 0.15) is 17.5 Å². The van der Waals surface area contributed by atoms with Crippen molar-refractivity contribution in [3.8, 4) is 11.4 Å². The number of pyridine rings is 1. The molecule has 2 N–H and O–H groups in total. The molecule has 3 atom stereocenters. The first-order valence-corrected chi connectivity index (χ1v) is 12.1. The van der Waals surface area contributed by atoms with Crippen LogP contribution in [0.5, 0.6) is 0 Å². The Morgan fingerprint density at radius 2 is 1.92 bits per heavy atom. The van der Waals surface area contributed by atoms with E-state index in [-0.39, 0.29) is 11.7 Å². The molecule has 0 bridgehead atoms. The minimum absolute atomic E-state index is 0.0438. The van der Waals surface area contributed by atoms with E-state index in [1.807, 2.05) is 31.2 Å². The van der Waals surface area contributed by atoms with Crippen molar-refractivity contribution in [1.29, 1.82) is 0 Å². The van der Waals surface area contributed by atoms with Crippen LogP contribution < -0.4 is 10.9 Å². The highest BCUT2D eigenvalue weighted by atomic mass is 16.6. The van der Waals surface area contributed by atoms with E-state index in [1.54, 1.807) is 59.5 Å². The molecular weight excluding hydrogens is 460 g/mol. The summed E-state index contributed by atoms with van der Waals surface area (Å²) in [7, 11) is 3.41. The molecule has 9 nitrogen and oxygen atoms in total. The molecule has 1 aromatic carbocycles. The summed E-state index contributed by atoms with van der Waals surface area (Å²) in [6.45, 7) is 11.7.